The number of methoxy groups -OCH3 is 1. The molecule has 8 heteroatoms. The molecule has 1 heterocycles. The van der Waals surface area contributed by atoms with Crippen molar-refractivity contribution in [3.63, 3.8) is 0 Å². The molecule has 0 atom stereocenters. The van der Waals surface area contributed by atoms with Gasteiger partial charge in [-0.3, -0.25) is 4.79 Å². The number of carbonyl (C=O) groups is 2. The first-order chi connectivity index (χ1) is 22.7. The molecule has 0 aliphatic rings. The maximum Gasteiger partial charge on any atom is 0.176 e. The summed E-state index contributed by atoms with van der Waals surface area (Å²) in [6.07, 6.45) is 10.5. The molecule has 0 amide bonds. The predicted molar refractivity (Wildman–Crippen MR) is 194 cm³/mol. The summed E-state index contributed by atoms with van der Waals surface area (Å²) < 4.78 is 35.2. The van der Waals surface area contributed by atoms with E-state index in [2.05, 4.69) is 62.5 Å². The molecule has 0 aliphatic heterocycles. The molecule has 0 fully saturated rings. The zero-order chi connectivity index (χ0) is 36.8. The lowest BCUT2D eigenvalue weighted by atomic mass is 10.0. The molecule has 258 valence electrons. The van der Waals surface area contributed by atoms with Crippen LogP contribution in [0.25, 0.3) is 11.0 Å². The average Bonchev–Trinajstić information content (AvgIpc) is 3.48. The second-order valence-electron chi connectivity index (χ2n) is 9.34. The molecule has 0 bridgehead atoms. The highest BCUT2D eigenvalue weighted by molar-refractivity contribution is 6.08. The summed E-state index contributed by atoms with van der Waals surface area (Å²) in [6.45, 7) is 22.3. The summed E-state index contributed by atoms with van der Waals surface area (Å²) in [5.41, 5.74) is 10.0. The number of ether oxygens (including phenoxy) is 1. The minimum absolute atomic E-state index is 0.154. The largest absolute Gasteiger partial charge is 0.493 e. The maximum atomic E-state index is 12.2. The Morgan fingerprint density at radius 3 is 2.02 bits per heavy atom. The Hall–Kier alpha value is -4.58. The molecule has 47 heavy (non-hydrogen) atoms. The van der Waals surface area contributed by atoms with Gasteiger partial charge >= 0.3 is 0 Å². The van der Waals surface area contributed by atoms with Crippen molar-refractivity contribution in [2.24, 2.45) is 5.73 Å². The molecule has 0 saturated heterocycles. The van der Waals surface area contributed by atoms with Gasteiger partial charge in [-0.2, -0.15) is 0 Å². The van der Waals surface area contributed by atoms with E-state index in [4.69, 9.17) is 19.7 Å². The van der Waals surface area contributed by atoms with E-state index >= 15 is 0 Å². The number of rotatable bonds is 9. The Balaban J connectivity index is -0.000000576. The number of aryl methyl sites for hydroxylation is 3. The number of nitrogens with two attached hydrogens (primary N) is 1. The molecule has 4 rings (SSSR count). The summed E-state index contributed by atoms with van der Waals surface area (Å²) in [4.78, 5) is 20.0. The zero-order valence-electron chi connectivity index (χ0n) is 29.3. The van der Waals surface area contributed by atoms with E-state index in [-0.39, 0.29) is 5.78 Å². The quantitative estimate of drug-likeness (QED) is 0.0810. The third kappa shape index (κ3) is 19.5. The van der Waals surface area contributed by atoms with E-state index in [9.17, 15) is 13.6 Å². The number of halogens is 2. The van der Waals surface area contributed by atoms with Gasteiger partial charge in [-0.15, -0.1) is 26.0 Å². The van der Waals surface area contributed by atoms with Gasteiger partial charge in [0.2, 0.25) is 0 Å². The Bertz CT molecular complexity index is 1360. The van der Waals surface area contributed by atoms with Crippen LogP contribution in [0.2, 0.25) is 0 Å². The van der Waals surface area contributed by atoms with Gasteiger partial charge in [-0.1, -0.05) is 50.6 Å². The van der Waals surface area contributed by atoms with Gasteiger partial charge in [-0.25, -0.2) is 8.78 Å². The number of hydrogen-bond donors (Lipinski definition) is 2. The van der Waals surface area contributed by atoms with Crippen LogP contribution in [0.3, 0.4) is 0 Å². The molecule has 6 nitrogen and oxygen atoms in total. The van der Waals surface area contributed by atoms with Crippen molar-refractivity contribution in [1.82, 2.24) is 5.32 Å². The predicted octanol–water partition coefficient (Wildman–Crippen LogP) is 9.33. The van der Waals surface area contributed by atoms with Crippen LogP contribution in [-0.4, -0.2) is 32.8 Å². The van der Waals surface area contributed by atoms with E-state index in [1.807, 2.05) is 46.6 Å². The van der Waals surface area contributed by atoms with Gasteiger partial charge < -0.3 is 25.0 Å². The normalized spacial score (nSPS) is 8.94. The van der Waals surface area contributed by atoms with Gasteiger partial charge in [0.15, 0.2) is 17.1 Å². The van der Waals surface area contributed by atoms with Gasteiger partial charge in [0.05, 0.1) is 7.11 Å². The van der Waals surface area contributed by atoms with Crippen LogP contribution < -0.4 is 15.8 Å². The van der Waals surface area contributed by atoms with Gasteiger partial charge in [0.1, 0.15) is 24.2 Å². The number of benzene rings is 3. The molecule has 0 spiro atoms. The van der Waals surface area contributed by atoms with Crippen LogP contribution in [0.5, 0.6) is 5.75 Å². The highest BCUT2D eigenvalue weighted by Gasteiger charge is 2.15. The fraction of sp³-hybridized carbons (Fsp3) is 0.333. The molecule has 0 radical (unpaired) electrons. The van der Waals surface area contributed by atoms with E-state index < -0.39 is 11.6 Å². The molecule has 1 aromatic heterocycles. The topological polar surface area (TPSA) is 94.6 Å². The van der Waals surface area contributed by atoms with Crippen LogP contribution >= 0.6 is 0 Å². The van der Waals surface area contributed by atoms with E-state index in [1.54, 1.807) is 20.1 Å². The lowest BCUT2D eigenvalue weighted by Gasteiger charge is -2.04. The van der Waals surface area contributed by atoms with Crippen LogP contribution in [-0.2, 0) is 11.3 Å². The molecular weight excluding hydrogens is 598 g/mol. The highest BCUT2D eigenvalue weighted by Crippen LogP contribution is 2.32. The number of hydrogen-bond acceptors (Lipinski definition) is 6. The van der Waals surface area contributed by atoms with Crippen molar-refractivity contribution >= 4 is 23.5 Å². The van der Waals surface area contributed by atoms with Gasteiger partial charge in [-0.05, 0) is 88.2 Å². The van der Waals surface area contributed by atoms with Crippen molar-refractivity contribution in [2.45, 2.75) is 67.3 Å². The first-order valence-corrected chi connectivity index (χ1v) is 15.3. The maximum absolute atomic E-state index is 12.2. The van der Waals surface area contributed by atoms with Crippen LogP contribution in [0, 0.1) is 45.3 Å². The molecule has 0 saturated carbocycles. The summed E-state index contributed by atoms with van der Waals surface area (Å²) in [7, 11) is 1.60. The second kappa shape index (κ2) is 30.1. The monoisotopic (exact) mass is 652 g/mol. The van der Waals surface area contributed by atoms with Crippen molar-refractivity contribution in [1.29, 1.82) is 0 Å². The third-order valence-electron chi connectivity index (χ3n) is 5.74. The van der Waals surface area contributed by atoms with Crippen molar-refractivity contribution in [3.8, 4) is 18.6 Å². The van der Waals surface area contributed by atoms with Gasteiger partial charge in [0.25, 0.3) is 0 Å². The zero-order valence-corrected chi connectivity index (χ0v) is 29.3. The van der Waals surface area contributed by atoms with Gasteiger partial charge in [0, 0.05) is 30.0 Å². The Morgan fingerprint density at radius 1 is 0.936 bits per heavy atom. The molecule has 3 N–H and O–H groups in total. The first kappa shape index (κ1) is 46.8. The lowest BCUT2D eigenvalue weighted by Crippen LogP contribution is -2.17. The molecule has 0 aliphatic carbocycles. The summed E-state index contributed by atoms with van der Waals surface area (Å²) in [5.74, 6) is 0.567. The summed E-state index contributed by atoms with van der Waals surface area (Å²) in [5, 5.41) is 4.20. The fourth-order valence-corrected chi connectivity index (χ4v) is 3.96. The number of Topliss-reactive ketones (excluding diaryl/α,β-unsaturated/α-hetero) is 1. The minimum atomic E-state index is -0.521. The molecule has 0 unspecified atom stereocenters. The SMILES string of the molecule is C#C.C=C.C=O.CC.CCCC(=O)c1ccc(OC)c2oc(C)cc12.Cc1cc(F)cc(F)c1.Cc1cccc(CNCCCN)c1. The Morgan fingerprint density at radius 2 is 1.53 bits per heavy atom. The first-order valence-electron chi connectivity index (χ1n) is 15.3. The number of ketones is 1. The van der Waals surface area contributed by atoms with Crippen molar-refractivity contribution < 1.29 is 27.5 Å². The van der Waals surface area contributed by atoms with E-state index in [0.29, 0.717) is 23.3 Å². The number of furan rings is 1. The fourth-order valence-electron chi connectivity index (χ4n) is 3.96. The second-order valence-corrected chi connectivity index (χ2v) is 9.34. The minimum Gasteiger partial charge on any atom is -0.493 e. The van der Waals surface area contributed by atoms with Crippen LogP contribution in [0.15, 0.2) is 78.2 Å². The molecule has 3 aromatic carbocycles. The van der Waals surface area contributed by atoms with Crippen LogP contribution in [0.1, 0.15) is 72.8 Å². The number of carbonyl (C=O) groups excluding carboxylic acids is 2. The van der Waals surface area contributed by atoms with Crippen molar-refractivity contribution in [2.75, 3.05) is 20.2 Å². The third-order valence-corrected chi connectivity index (χ3v) is 5.74. The smallest absolute Gasteiger partial charge is 0.176 e. The Kier molecular flexibility index (Phi) is 30.0. The molecular formula is C39H54F2N2O4. The van der Waals surface area contributed by atoms with E-state index in [0.717, 1.165) is 55.3 Å². The number of nitrogens with one attached hydrogen (secondary N) is 1. The number of fused-ring (bicyclic) bond motifs is 1. The summed E-state index contributed by atoms with van der Waals surface area (Å²) in [6, 6.07) is 17.5. The summed E-state index contributed by atoms with van der Waals surface area (Å²) >= 11 is 0. The highest BCUT2D eigenvalue weighted by atomic mass is 19.1. The number of terminal acetylenes is 1. The van der Waals surface area contributed by atoms with Crippen molar-refractivity contribution in [3.05, 3.63) is 113 Å². The average molecular weight is 653 g/mol. The standard InChI is InChI=1S/C14H16O3.C11H18N2.C7H6F2.C2H6.C2H4.C2H2.CH2O/c1-4-5-12(15)10-6-7-13(16-3)14-11(10)8-9(2)17-14;1-10-4-2-5-11(8-10)9-13-7-3-6-12;1-5-2-6(8)4-7(9)3-5;4*1-2/h6-8H,4-5H2,1-3H3;2,4-5,8,13H,3,6-7,9,12H2,1H3;2-4H,1H3;1-2H3;1-2H2;1-2H;1H2. The van der Waals surface area contributed by atoms with Crippen LogP contribution in [0.4, 0.5) is 8.78 Å². The Labute approximate surface area is 281 Å². The lowest BCUT2D eigenvalue weighted by molar-refractivity contribution is -0.0980. The molecule has 4 aromatic rings. The van der Waals surface area contributed by atoms with E-state index in [1.165, 1.54) is 23.3 Å².